The molecule has 0 amide bonds. The zero-order chi connectivity index (χ0) is 20.8. The predicted molar refractivity (Wildman–Crippen MR) is 70.4 cm³/mol. The van der Waals surface area contributed by atoms with Crippen molar-refractivity contribution in [3.8, 4) is 0 Å². The third-order valence-electron chi connectivity index (χ3n) is 2.78. The van der Waals surface area contributed by atoms with Crippen LogP contribution in [0.15, 0.2) is 21.1 Å². The number of hydrogen-bond acceptors (Lipinski definition) is 0. The first kappa shape index (κ1) is 22.9. The lowest BCUT2D eigenvalue weighted by molar-refractivity contribution is -0.0212. The van der Waals surface area contributed by atoms with Crippen molar-refractivity contribution in [1.29, 1.82) is 0 Å². The van der Waals surface area contributed by atoms with Crippen molar-refractivity contribution in [2.24, 2.45) is 0 Å². The maximum absolute atomic E-state index is 13.8. The summed E-state index contributed by atoms with van der Waals surface area (Å²) in [5.74, 6) is -31.3. The number of alkyl halides is 4. The molecular weight excluding hydrogens is 532 g/mol. The fourth-order valence-electron chi connectivity index (χ4n) is 1.68. The van der Waals surface area contributed by atoms with E-state index in [2.05, 4.69) is 0 Å². The van der Waals surface area contributed by atoms with Crippen LogP contribution in [0.3, 0.4) is 0 Å². The van der Waals surface area contributed by atoms with Gasteiger partial charge in [0.1, 0.15) is 0 Å². The minimum atomic E-state index is -5.88. The molecule has 0 N–H and O–H groups in total. The third-order valence-corrected chi connectivity index (χ3v) is 3.47. The lowest BCUT2D eigenvalue weighted by atomic mass is 9.93. The molecule has 1 aromatic rings. The molecule has 0 atom stereocenters. The summed E-state index contributed by atoms with van der Waals surface area (Å²) in [6.07, 6.45) is 0. The molecule has 1 aromatic carbocycles. The fraction of sp³-hybridized carbons (Fsp3) is 0.167. The average Bonchev–Trinajstić information content (AvgIpc) is 2.53. The molecule has 0 aliphatic carbocycles. The van der Waals surface area contributed by atoms with E-state index in [1.54, 1.807) is 0 Å². The van der Waals surface area contributed by atoms with Crippen molar-refractivity contribution in [2.75, 3.05) is 0 Å². The molecule has 0 radical (unpaired) electrons. The first-order chi connectivity index (χ1) is 11.6. The van der Waals surface area contributed by atoms with Gasteiger partial charge in [-0.2, -0.15) is 26.3 Å². The summed E-state index contributed by atoms with van der Waals surface area (Å²) in [5, 5.41) is 0. The highest BCUT2D eigenvalue weighted by molar-refractivity contribution is 9.11. The molecule has 0 aromatic heterocycles. The van der Waals surface area contributed by atoms with Crippen molar-refractivity contribution in [3.63, 3.8) is 0 Å². The highest BCUT2D eigenvalue weighted by Gasteiger charge is 2.55. The van der Waals surface area contributed by atoms with Gasteiger partial charge >= 0.3 is 11.8 Å². The van der Waals surface area contributed by atoms with E-state index < -0.39 is 67.4 Å². The quantitative estimate of drug-likeness (QED) is 0.215. The second-order valence-electron chi connectivity index (χ2n) is 4.30. The van der Waals surface area contributed by atoms with Crippen LogP contribution in [0.4, 0.5) is 52.7 Å². The Hall–Kier alpha value is -1.18. The number of benzene rings is 1. The Balaban J connectivity index is 4.18. The maximum Gasteiger partial charge on any atom is 0.331 e. The summed E-state index contributed by atoms with van der Waals surface area (Å²) in [6.45, 7) is 0. The van der Waals surface area contributed by atoms with Gasteiger partial charge in [-0.1, -0.05) is 0 Å². The molecule has 146 valence electrons. The summed E-state index contributed by atoms with van der Waals surface area (Å²) >= 11 is 3.02. The Morgan fingerprint density at radius 2 is 0.769 bits per heavy atom. The molecule has 0 aliphatic heterocycles. The topological polar surface area (TPSA) is 0 Å². The van der Waals surface area contributed by atoms with Crippen molar-refractivity contribution in [2.45, 2.75) is 11.8 Å². The molecule has 0 saturated carbocycles. The first-order valence-electron chi connectivity index (χ1n) is 5.65. The molecule has 0 saturated heterocycles. The Morgan fingerprint density at radius 3 is 0.962 bits per heavy atom. The summed E-state index contributed by atoms with van der Waals surface area (Å²) in [6, 6.07) is 0. The lowest BCUT2D eigenvalue weighted by Gasteiger charge is -2.24. The van der Waals surface area contributed by atoms with Crippen molar-refractivity contribution < 1.29 is 52.7 Å². The Kier molecular flexibility index (Phi) is 6.55. The highest BCUT2D eigenvalue weighted by Crippen LogP contribution is 2.51. The van der Waals surface area contributed by atoms with E-state index in [4.69, 9.17) is 0 Å². The van der Waals surface area contributed by atoms with Gasteiger partial charge in [-0.25, -0.2) is 26.3 Å². The summed E-state index contributed by atoms with van der Waals surface area (Å²) in [4.78, 5) is 0. The van der Waals surface area contributed by atoms with Crippen LogP contribution < -0.4 is 0 Å². The van der Waals surface area contributed by atoms with Gasteiger partial charge in [0.05, 0.1) is 11.1 Å². The SMILES string of the molecule is FC(Br)=C(F)C(F)(F)c1c(F)c(F)c(F)c(F)c1C(F)(F)C(F)=C(F)Br. The van der Waals surface area contributed by atoms with Crippen molar-refractivity contribution in [1.82, 2.24) is 0 Å². The van der Waals surface area contributed by atoms with Crippen LogP contribution in [-0.2, 0) is 11.8 Å². The Bertz CT molecular complexity index is 736. The first-order valence-corrected chi connectivity index (χ1v) is 7.23. The van der Waals surface area contributed by atoms with Gasteiger partial charge in [0.25, 0.3) is 0 Å². The van der Waals surface area contributed by atoms with Crippen LogP contribution in [0.5, 0.6) is 0 Å². The minimum absolute atomic E-state index is 1.51. The van der Waals surface area contributed by atoms with Crippen LogP contribution in [0.1, 0.15) is 11.1 Å². The molecule has 1 rings (SSSR count). The normalized spacial score (nSPS) is 15.0. The molecule has 0 spiro atoms. The summed E-state index contributed by atoms with van der Waals surface area (Å²) in [7, 11) is 0. The Labute approximate surface area is 152 Å². The zero-order valence-corrected chi connectivity index (χ0v) is 14.5. The molecule has 26 heavy (non-hydrogen) atoms. The number of allylic oxidation sites excluding steroid dienone is 2. The largest absolute Gasteiger partial charge is 0.331 e. The van der Waals surface area contributed by atoms with Crippen LogP contribution in [0, 0.1) is 23.3 Å². The minimum Gasteiger partial charge on any atom is -0.203 e. The number of rotatable bonds is 4. The highest BCUT2D eigenvalue weighted by atomic mass is 79.9. The van der Waals surface area contributed by atoms with Gasteiger partial charge in [-0.3, -0.25) is 0 Å². The van der Waals surface area contributed by atoms with E-state index in [1.807, 2.05) is 0 Å². The van der Waals surface area contributed by atoms with Gasteiger partial charge in [0.15, 0.2) is 23.3 Å². The molecule has 0 unspecified atom stereocenters. The molecule has 0 bridgehead atoms. The predicted octanol–water partition coefficient (Wildman–Crippen LogP) is 7.43. The second-order valence-corrected chi connectivity index (χ2v) is 5.70. The van der Waals surface area contributed by atoms with E-state index in [9.17, 15) is 52.7 Å². The maximum atomic E-state index is 13.8. The smallest absolute Gasteiger partial charge is 0.203 e. The molecular formula is C12Br2F12. The molecule has 0 aliphatic rings. The third kappa shape index (κ3) is 3.62. The van der Waals surface area contributed by atoms with E-state index in [-0.39, 0.29) is 0 Å². The van der Waals surface area contributed by atoms with E-state index in [0.29, 0.717) is 0 Å². The summed E-state index contributed by atoms with van der Waals surface area (Å²) in [5.41, 5.74) is -6.56. The Morgan fingerprint density at radius 1 is 0.538 bits per heavy atom. The van der Waals surface area contributed by atoms with Gasteiger partial charge in [-0.15, -0.1) is 0 Å². The van der Waals surface area contributed by atoms with Gasteiger partial charge < -0.3 is 0 Å². The molecule has 0 heterocycles. The van der Waals surface area contributed by atoms with Crippen LogP contribution in [0.25, 0.3) is 0 Å². The fourth-order valence-corrected chi connectivity index (χ4v) is 2.18. The second kappa shape index (κ2) is 7.44. The average molecular weight is 532 g/mol. The van der Waals surface area contributed by atoms with E-state index >= 15 is 0 Å². The number of halogens is 14. The molecule has 14 heteroatoms. The van der Waals surface area contributed by atoms with Crippen LogP contribution in [0.2, 0.25) is 0 Å². The monoisotopic (exact) mass is 530 g/mol. The molecule has 0 fully saturated rings. The van der Waals surface area contributed by atoms with Crippen molar-refractivity contribution in [3.05, 3.63) is 55.5 Å². The standard InChI is InChI=1S/C12Br2F12/c13-9(21)7(19)11(23,24)1-2(12(25,26)8(20)10(14)22)4(16)6(18)5(17)3(1)15. The van der Waals surface area contributed by atoms with Crippen LogP contribution >= 0.6 is 31.9 Å². The van der Waals surface area contributed by atoms with Gasteiger partial charge in [-0.05, 0) is 31.9 Å². The zero-order valence-electron chi connectivity index (χ0n) is 11.3. The molecule has 0 nitrogen and oxygen atoms in total. The van der Waals surface area contributed by atoms with Crippen LogP contribution in [-0.4, -0.2) is 0 Å². The lowest BCUT2D eigenvalue weighted by Crippen LogP contribution is -2.29. The van der Waals surface area contributed by atoms with Gasteiger partial charge in [0.2, 0.25) is 21.1 Å². The number of hydrogen-bond donors (Lipinski definition) is 0. The van der Waals surface area contributed by atoms with E-state index in [1.165, 1.54) is 31.9 Å². The van der Waals surface area contributed by atoms with E-state index in [0.717, 1.165) is 0 Å². The van der Waals surface area contributed by atoms with Gasteiger partial charge in [0, 0.05) is 0 Å². The summed E-state index contributed by atoms with van der Waals surface area (Å²) < 4.78 is 155. The van der Waals surface area contributed by atoms with Crippen molar-refractivity contribution >= 4 is 31.9 Å².